The molecule has 0 aliphatic carbocycles. The van der Waals surface area contributed by atoms with Crippen LogP contribution in [0.3, 0.4) is 0 Å². The van der Waals surface area contributed by atoms with Gasteiger partial charge < -0.3 is 4.90 Å². The molecule has 0 spiro atoms. The first kappa shape index (κ1) is 22.1. The van der Waals surface area contributed by atoms with Gasteiger partial charge in [0, 0.05) is 32.2 Å². The van der Waals surface area contributed by atoms with Crippen molar-refractivity contribution < 1.29 is 13.2 Å². The number of hydrogen-bond donors (Lipinski definition) is 0. The van der Waals surface area contributed by atoms with E-state index in [0.717, 1.165) is 21.9 Å². The van der Waals surface area contributed by atoms with Crippen LogP contribution in [0.25, 0.3) is 10.2 Å². The molecule has 1 saturated heterocycles. The second kappa shape index (κ2) is 8.12. The molecule has 0 unspecified atom stereocenters. The van der Waals surface area contributed by atoms with Crippen LogP contribution < -0.4 is 4.87 Å². The van der Waals surface area contributed by atoms with E-state index >= 15 is 0 Å². The van der Waals surface area contributed by atoms with Crippen LogP contribution in [0.5, 0.6) is 0 Å². The molecular weight excluding hydrogens is 456 g/mol. The summed E-state index contributed by atoms with van der Waals surface area (Å²) in [5.74, 6) is -0.0960. The third-order valence-electron chi connectivity index (χ3n) is 5.36. The molecular formula is C20H24N4O4S3. The molecule has 1 aromatic carbocycles. The van der Waals surface area contributed by atoms with Crippen molar-refractivity contribution >= 4 is 48.8 Å². The van der Waals surface area contributed by atoms with Gasteiger partial charge >= 0.3 is 4.87 Å². The molecule has 0 radical (unpaired) electrons. The average Bonchev–Trinajstić information content (AvgIpc) is 3.24. The first-order chi connectivity index (χ1) is 14.6. The summed E-state index contributed by atoms with van der Waals surface area (Å²) in [5.41, 5.74) is 1.46. The molecule has 3 aromatic rings. The first-order valence-corrected chi connectivity index (χ1v) is 13.1. The van der Waals surface area contributed by atoms with Crippen LogP contribution in [-0.4, -0.2) is 59.3 Å². The number of nitrogens with zero attached hydrogens (tertiary/aromatic N) is 4. The molecule has 1 fully saturated rings. The van der Waals surface area contributed by atoms with Crippen molar-refractivity contribution in [1.29, 1.82) is 0 Å². The van der Waals surface area contributed by atoms with E-state index in [1.165, 1.54) is 15.6 Å². The van der Waals surface area contributed by atoms with Crippen LogP contribution in [0.1, 0.15) is 40.3 Å². The molecule has 2 aromatic heterocycles. The minimum Gasteiger partial charge on any atom is -0.335 e. The largest absolute Gasteiger partial charge is 0.335 e. The number of hydrogen-bond acceptors (Lipinski definition) is 7. The first-order valence-electron chi connectivity index (χ1n) is 9.98. The zero-order valence-corrected chi connectivity index (χ0v) is 20.2. The molecule has 31 heavy (non-hydrogen) atoms. The predicted octanol–water partition coefficient (Wildman–Crippen LogP) is 2.86. The lowest BCUT2D eigenvalue weighted by Crippen LogP contribution is -2.50. The Morgan fingerprint density at radius 1 is 1.10 bits per heavy atom. The maximum absolute atomic E-state index is 13.2. The lowest BCUT2D eigenvalue weighted by atomic mass is 10.3. The SMILES string of the molecule is Cc1nc(C)c(C(=O)N2CCN(S(=O)(=O)c3ccc4c(c3)sc(=O)n4C(C)C)CC2)s1. The van der Waals surface area contributed by atoms with Gasteiger partial charge in [-0.3, -0.25) is 14.2 Å². The number of sulfonamides is 1. The van der Waals surface area contributed by atoms with Gasteiger partial charge in [0.15, 0.2) is 0 Å². The van der Waals surface area contributed by atoms with E-state index in [1.807, 2.05) is 27.7 Å². The molecule has 8 nitrogen and oxygen atoms in total. The summed E-state index contributed by atoms with van der Waals surface area (Å²) >= 11 is 2.42. The van der Waals surface area contributed by atoms with Gasteiger partial charge in [0.25, 0.3) is 5.91 Å². The molecule has 4 rings (SSSR count). The summed E-state index contributed by atoms with van der Waals surface area (Å²) < 4.78 is 30.1. The fourth-order valence-electron chi connectivity index (χ4n) is 3.82. The Labute approximate surface area is 188 Å². The van der Waals surface area contributed by atoms with Gasteiger partial charge in [0.05, 0.1) is 25.8 Å². The minimum atomic E-state index is -3.71. The molecule has 0 saturated carbocycles. The lowest BCUT2D eigenvalue weighted by molar-refractivity contribution is 0.0702. The highest BCUT2D eigenvalue weighted by Crippen LogP contribution is 2.27. The van der Waals surface area contributed by atoms with Crippen molar-refractivity contribution in [3.63, 3.8) is 0 Å². The summed E-state index contributed by atoms with van der Waals surface area (Å²) in [7, 11) is -3.71. The monoisotopic (exact) mass is 480 g/mol. The predicted molar refractivity (Wildman–Crippen MR) is 123 cm³/mol. The van der Waals surface area contributed by atoms with E-state index in [1.54, 1.807) is 27.7 Å². The molecule has 0 atom stereocenters. The highest BCUT2D eigenvalue weighted by Gasteiger charge is 2.32. The van der Waals surface area contributed by atoms with E-state index in [4.69, 9.17) is 0 Å². The Morgan fingerprint density at radius 3 is 2.35 bits per heavy atom. The fraction of sp³-hybridized carbons (Fsp3) is 0.450. The lowest BCUT2D eigenvalue weighted by Gasteiger charge is -2.33. The normalized spacial score (nSPS) is 15.8. The van der Waals surface area contributed by atoms with Crippen molar-refractivity contribution in [3.8, 4) is 0 Å². The van der Waals surface area contributed by atoms with Crippen molar-refractivity contribution in [2.24, 2.45) is 0 Å². The minimum absolute atomic E-state index is 0.000270. The highest BCUT2D eigenvalue weighted by atomic mass is 32.2. The van der Waals surface area contributed by atoms with Crippen molar-refractivity contribution in [3.05, 3.63) is 43.4 Å². The second-order valence-electron chi connectivity index (χ2n) is 7.80. The van der Waals surface area contributed by atoms with Crippen LogP contribution in [0.4, 0.5) is 0 Å². The highest BCUT2D eigenvalue weighted by molar-refractivity contribution is 7.89. The van der Waals surface area contributed by atoms with Crippen molar-refractivity contribution in [2.45, 2.75) is 38.6 Å². The molecule has 0 bridgehead atoms. The van der Waals surface area contributed by atoms with E-state index in [-0.39, 0.29) is 34.8 Å². The number of carbonyl (C=O) groups is 1. The Hall–Kier alpha value is -2.08. The number of amides is 1. The number of carbonyl (C=O) groups excluding carboxylic acids is 1. The third-order valence-corrected chi connectivity index (χ3v) is 9.24. The van der Waals surface area contributed by atoms with Crippen molar-refractivity contribution in [1.82, 2.24) is 18.8 Å². The molecule has 1 aliphatic rings. The maximum atomic E-state index is 13.2. The Kier molecular flexibility index (Phi) is 5.80. The van der Waals surface area contributed by atoms with Crippen LogP contribution in [0.15, 0.2) is 27.9 Å². The number of aromatic nitrogens is 2. The zero-order valence-electron chi connectivity index (χ0n) is 17.8. The van der Waals surface area contributed by atoms with E-state index in [9.17, 15) is 18.0 Å². The molecule has 0 N–H and O–H groups in total. The van der Waals surface area contributed by atoms with Gasteiger partial charge in [-0.1, -0.05) is 11.3 Å². The Bertz CT molecular complexity index is 1310. The maximum Gasteiger partial charge on any atom is 0.308 e. The smallest absolute Gasteiger partial charge is 0.308 e. The van der Waals surface area contributed by atoms with Gasteiger partial charge in [-0.05, 0) is 45.9 Å². The molecule has 1 aliphatic heterocycles. The summed E-state index contributed by atoms with van der Waals surface area (Å²) in [4.78, 5) is 31.7. The van der Waals surface area contributed by atoms with Gasteiger partial charge in [-0.2, -0.15) is 4.31 Å². The number of rotatable bonds is 4. The van der Waals surface area contributed by atoms with Crippen LogP contribution in [0, 0.1) is 13.8 Å². The summed E-state index contributed by atoms with van der Waals surface area (Å²) in [6.45, 7) is 8.64. The van der Waals surface area contributed by atoms with Gasteiger partial charge in [0.1, 0.15) is 4.88 Å². The summed E-state index contributed by atoms with van der Waals surface area (Å²) in [6.07, 6.45) is 0. The third kappa shape index (κ3) is 3.95. The van der Waals surface area contributed by atoms with E-state index < -0.39 is 10.0 Å². The number of thiazole rings is 2. The fourth-order valence-corrected chi connectivity index (χ4v) is 7.28. The van der Waals surface area contributed by atoms with Gasteiger partial charge in [-0.25, -0.2) is 13.4 Å². The second-order valence-corrected chi connectivity index (χ2v) is 11.9. The number of fused-ring (bicyclic) bond motifs is 1. The average molecular weight is 481 g/mol. The molecule has 3 heterocycles. The number of aryl methyl sites for hydroxylation is 2. The molecule has 11 heteroatoms. The Balaban J connectivity index is 1.53. The molecule has 166 valence electrons. The topological polar surface area (TPSA) is 92.6 Å². The van der Waals surface area contributed by atoms with Gasteiger partial charge in [-0.15, -0.1) is 11.3 Å². The Morgan fingerprint density at radius 2 is 1.77 bits per heavy atom. The van der Waals surface area contributed by atoms with Crippen LogP contribution in [0.2, 0.25) is 0 Å². The molecule has 1 amide bonds. The summed E-state index contributed by atoms with van der Waals surface area (Å²) in [5, 5.41) is 0.839. The van der Waals surface area contributed by atoms with Crippen LogP contribution >= 0.6 is 22.7 Å². The van der Waals surface area contributed by atoms with Gasteiger partial charge in [0.2, 0.25) is 10.0 Å². The zero-order chi connectivity index (χ0) is 22.5. The number of benzene rings is 1. The number of piperazine rings is 1. The standard InChI is InChI=1S/C20H24N4O4S3/c1-12(2)24-16-6-5-15(11-17(16)30-20(24)26)31(27,28)23-9-7-22(8-10-23)19(25)18-13(3)21-14(4)29-18/h5-6,11-12H,7-10H2,1-4H3. The van der Waals surface area contributed by atoms with E-state index in [2.05, 4.69) is 4.98 Å². The van der Waals surface area contributed by atoms with Crippen LogP contribution in [-0.2, 0) is 10.0 Å². The quantitative estimate of drug-likeness (QED) is 0.573. The van der Waals surface area contributed by atoms with E-state index in [0.29, 0.717) is 28.4 Å². The summed E-state index contributed by atoms with van der Waals surface area (Å²) in [6, 6.07) is 4.84. The van der Waals surface area contributed by atoms with Crippen molar-refractivity contribution in [2.75, 3.05) is 26.2 Å².